The molecule has 0 saturated carbocycles. The van der Waals surface area contributed by atoms with Crippen molar-refractivity contribution in [3.8, 4) is 0 Å². The van der Waals surface area contributed by atoms with Crippen molar-refractivity contribution in [2.75, 3.05) is 0 Å². The zero-order valence-corrected chi connectivity index (χ0v) is 10.7. The van der Waals surface area contributed by atoms with Crippen LogP contribution >= 0.6 is 0 Å². The maximum absolute atomic E-state index is 4.05. The minimum Gasteiger partial charge on any atom is -0.0955 e. The summed E-state index contributed by atoms with van der Waals surface area (Å²) in [5, 5.41) is 2.54. The average Bonchev–Trinajstić information content (AvgIpc) is 2.26. The van der Waals surface area contributed by atoms with Crippen molar-refractivity contribution in [3.63, 3.8) is 0 Å². The van der Waals surface area contributed by atoms with Crippen LogP contribution in [0.15, 0.2) is 42.5 Å². The number of rotatable bonds is 2. The highest BCUT2D eigenvalue weighted by atomic mass is 14.0. The van der Waals surface area contributed by atoms with Crippen LogP contribution in [0.3, 0.4) is 0 Å². The van der Waals surface area contributed by atoms with Crippen LogP contribution in [0.5, 0.6) is 0 Å². The Hall–Kier alpha value is -1.56. The maximum atomic E-state index is 4.05. The van der Waals surface area contributed by atoms with Crippen LogP contribution < -0.4 is 10.4 Å². The van der Waals surface area contributed by atoms with Gasteiger partial charge in [0.25, 0.3) is 0 Å². The lowest BCUT2D eigenvalue weighted by molar-refractivity contribution is 1.37. The van der Waals surface area contributed by atoms with Crippen LogP contribution in [0.2, 0.25) is 0 Å². The van der Waals surface area contributed by atoms with Crippen molar-refractivity contribution in [1.82, 2.24) is 0 Å². The molecule has 0 spiro atoms. The number of aryl methyl sites for hydroxylation is 1. The van der Waals surface area contributed by atoms with Crippen molar-refractivity contribution in [3.05, 3.63) is 58.5 Å². The van der Waals surface area contributed by atoms with E-state index in [2.05, 4.69) is 63.8 Å². The lowest BCUT2D eigenvalue weighted by Gasteiger charge is -2.03. The average molecular weight is 212 g/mol. The van der Waals surface area contributed by atoms with E-state index >= 15 is 0 Å². The fraction of sp³-hybridized carbons (Fsp3) is 0.250. The smallest absolute Gasteiger partial charge is 0.0112 e. The van der Waals surface area contributed by atoms with Gasteiger partial charge < -0.3 is 0 Å². The third-order valence-corrected chi connectivity index (χ3v) is 2.60. The van der Waals surface area contributed by atoms with Gasteiger partial charge in [0.15, 0.2) is 0 Å². The molecule has 0 heteroatoms. The van der Waals surface area contributed by atoms with Gasteiger partial charge in [-0.2, -0.15) is 0 Å². The third-order valence-electron chi connectivity index (χ3n) is 2.60. The van der Waals surface area contributed by atoms with E-state index in [4.69, 9.17) is 0 Å². The summed E-state index contributed by atoms with van der Waals surface area (Å²) in [6.07, 6.45) is 6.33. The second-order valence-electron chi connectivity index (χ2n) is 4.07. The molecular formula is C16H20. The first-order valence-electron chi connectivity index (χ1n) is 5.66. The van der Waals surface area contributed by atoms with E-state index in [1.165, 1.54) is 21.6 Å². The summed E-state index contributed by atoms with van der Waals surface area (Å²) in [6.45, 7) is 12.3. The van der Waals surface area contributed by atoms with E-state index in [9.17, 15) is 0 Å². The monoisotopic (exact) mass is 212 g/mol. The molecule has 16 heavy (non-hydrogen) atoms. The number of allylic oxidation sites excluding steroid dienone is 3. The second kappa shape index (κ2) is 5.50. The standard InChI is InChI=1S/C16H20/c1-6-8-15(12(3)4)16-10-9-13(5)11-14(16)7-2/h6-11H,3H2,1-2,4-5H3. The number of benzene rings is 1. The molecule has 1 aromatic carbocycles. The van der Waals surface area contributed by atoms with E-state index in [1.807, 2.05) is 6.92 Å². The molecule has 0 unspecified atom stereocenters. The normalized spacial score (nSPS) is 14.4. The van der Waals surface area contributed by atoms with Crippen molar-refractivity contribution in [2.45, 2.75) is 27.7 Å². The summed E-state index contributed by atoms with van der Waals surface area (Å²) < 4.78 is 0. The van der Waals surface area contributed by atoms with Crippen molar-refractivity contribution < 1.29 is 0 Å². The van der Waals surface area contributed by atoms with Gasteiger partial charge in [0.05, 0.1) is 0 Å². The molecule has 84 valence electrons. The summed E-state index contributed by atoms with van der Waals surface area (Å²) in [5.74, 6) is 0. The summed E-state index contributed by atoms with van der Waals surface area (Å²) >= 11 is 0. The number of hydrogen-bond donors (Lipinski definition) is 0. The largest absolute Gasteiger partial charge is 0.0955 e. The molecule has 0 aliphatic heterocycles. The molecule has 0 atom stereocenters. The Morgan fingerprint density at radius 3 is 2.44 bits per heavy atom. The topological polar surface area (TPSA) is 0 Å². The predicted octanol–water partition coefficient (Wildman–Crippen LogP) is 3.10. The molecule has 0 N–H and O–H groups in total. The summed E-state index contributed by atoms with van der Waals surface area (Å²) in [7, 11) is 0. The molecule has 0 aliphatic rings. The van der Waals surface area contributed by atoms with E-state index in [0.717, 1.165) is 5.57 Å². The molecule has 0 heterocycles. The minimum atomic E-state index is 1.10. The molecule has 0 bridgehead atoms. The van der Waals surface area contributed by atoms with E-state index in [1.54, 1.807) is 0 Å². The first-order valence-corrected chi connectivity index (χ1v) is 5.66. The van der Waals surface area contributed by atoms with Crippen molar-refractivity contribution in [2.24, 2.45) is 0 Å². The number of hydrogen-bond acceptors (Lipinski definition) is 0. The van der Waals surface area contributed by atoms with Crippen LogP contribution in [0.4, 0.5) is 0 Å². The van der Waals surface area contributed by atoms with Crippen LogP contribution in [-0.4, -0.2) is 0 Å². The SMILES string of the molecule is C=C(C)C(C=CC)=c1ccc(C)cc1=CC. The molecule has 1 aromatic rings. The second-order valence-corrected chi connectivity index (χ2v) is 4.07. The molecule has 0 amide bonds. The maximum Gasteiger partial charge on any atom is -0.0112 e. The van der Waals surface area contributed by atoms with Crippen LogP contribution in [0.1, 0.15) is 26.3 Å². The Labute approximate surface area is 98.3 Å². The Morgan fingerprint density at radius 2 is 1.94 bits per heavy atom. The van der Waals surface area contributed by atoms with E-state index < -0.39 is 0 Å². The zero-order valence-electron chi connectivity index (χ0n) is 10.7. The molecule has 0 radical (unpaired) electrons. The van der Waals surface area contributed by atoms with Crippen molar-refractivity contribution >= 4 is 11.6 Å². The van der Waals surface area contributed by atoms with Crippen LogP contribution in [-0.2, 0) is 0 Å². The third kappa shape index (κ3) is 2.73. The zero-order chi connectivity index (χ0) is 12.1. The molecular weight excluding hydrogens is 192 g/mol. The van der Waals surface area contributed by atoms with Gasteiger partial charge in [-0.3, -0.25) is 0 Å². The van der Waals surface area contributed by atoms with E-state index in [-0.39, 0.29) is 0 Å². The quantitative estimate of drug-likeness (QED) is 0.706. The van der Waals surface area contributed by atoms with Gasteiger partial charge in [0, 0.05) is 0 Å². The highest BCUT2D eigenvalue weighted by Gasteiger charge is 1.96. The lowest BCUT2D eigenvalue weighted by Crippen LogP contribution is -2.26. The van der Waals surface area contributed by atoms with Gasteiger partial charge in [0.1, 0.15) is 0 Å². The summed E-state index contributed by atoms with van der Waals surface area (Å²) in [4.78, 5) is 0. The van der Waals surface area contributed by atoms with Crippen LogP contribution in [0, 0.1) is 6.92 Å². The Bertz CT molecular complexity index is 528. The molecule has 0 saturated heterocycles. The Balaban J connectivity index is 3.75. The predicted molar refractivity (Wildman–Crippen MR) is 73.6 cm³/mol. The fourth-order valence-corrected chi connectivity index (χ4v) is 1.79. The minimum absolute atomic E-state index is 1.10. The van der Waals surface area contributed by atoms with Crippen molar-refractivity contribution in [1.29, 1.82) is 0 Å². The van der Waals surface area contributed by atoms with E-state index in [0.29, 0.717) is 0 Å². The first-order chi connectivity index (χ1) is 7.60. The molecule has 0 aliphatic carbocycles. The molecule has 0 aromatic heterocycles. The lowest BCUT2D eigenvalue weighted by atomic mass is 10.0. The summed E-state index contributed by atoms with van der Waals surface area (Å²) in [6, 6.07) is 6.53. The van der Waals surface area contributed by atoms with Gasteiger partial charge in [-0.1, -0.05) is 54.1 Å². The van der Waals surface area contributed by atoms with Gasteiger partial charge >= 0.3 is 0 Å². The van der Waals surface area contributed by atoms with Gasteiger partial charge in [-0.25, -0.2) is 0 Å². The highest BCUT2D eigenvalue weighted by molar-refractivity contribution is 5.71. The van der Waals surface area contributed by atoms with Gasteiger partial charge in [-0.05, 0) is 43.7 Å². The fourth-order valence-electron chi connectivity index (χ4n) is 1.79. The Kier molecular flexibility index (Phi) is 4.30. The highest BCUT2D eigenvalue weighted by Crippen LogP contribution is 2.07. The Morgan fingerprint density at radius 1 is 1.25 bits per heavy atom. The first kappa shape index (κ1) is 12.5. The summed E-state index contributed by atoms with van der Waals surface area (Å²) in [5.41, 5.74) is 3.61. The molecule has 0 fully saturated rings. The van der Waals surface area contributed by atoms with Gasteiger partial charge in [-0.15, -0.1) is 0 Å². The van der Waals surface area contributed by atoms with Crippen LogP contribution in [0.25, 0.3) is 11.6 Å². The molecule has 1 rings (SSSR count). The van der Waals surface area contributed by atoms with Gasteiger partial charge in [0.2, 0.25) is 0 Å². The molecule has 0 nitrogen and oxygen atoms in total.